The van der Waals surface area contributed by atoms with E-state index in [-0.39, 0.29) is 17.8 Å². The molecular weight excluding hydrogens is 401 g/mol. The lowest BCUT2D eigenvalue weighted by Gasteiger charge is -2.37. The van der Waals surface area contributed by atoms with Gasteiger partial charge >= 0.3 is 0 Å². The maximum Gasteiger partial charge on any atom is 0.251 e. The fourth-order valence-electron chi connectivity index (χ4n) is 4.35. The summed E-state index contributed by atoms with van der Waals surface area (Å²) >= 11 is 0. The second-order valence-corrected chi connectivity index (χ2v) is 8.10. The first-order valence-electron chi connectivity index (χ1n) is 11.1. The predicted molar refractivity (Wildman–Crippen MR) is 117 cm³/mol. The zero-order chi connectivity index (χ0) is 21.6. The van der Waals surface area contributed by atoms with Gasteiger partial charge in [0.25, 0.3) is 5.91 Å². The zero-order valence-corrected chi connectivity index (χ0v) is 18.2. The molecule has 1 amide bonds. The van der Waals surface area contributed by atoms with Crippen LogP contribution in [-0.2, 0) is 20.8 Å². The summed E-state index contributed by atoms with van der Waals surface area (Å²) in [7, 11) is 1.74. The smallest absolute Gasteiger partial charge is 0.251 e. The molecule has 1 aromatic rings. The SMILES string of the molecule is CN=C(NCc1ccc(N2CCOCC2)c(F)c1)N1CCN(C(=O)C2CCCO2)CC1. The van der Waals surface area contributed by atoms with Crippen LogP contribution < -0.4 is 10.2 Å². The first kappa shape index (κ1) is 21.8. The first-order chi connectivity index (χ1) is 15.2. The monoisotopic (exact) mass is 433 g/mol. The number of hydrogen-bond donors (Lipinski definition) is 1. The van der Waals surface area contributed by atoms with Crippen molar-refractivity contribution >= 4 is 17.6 Å². The molecule has 1 atom stereocenters. The summed E-state index contributed by atoms with van der Waals surface area (Å²) in [4.78, 5) is 22.9. The van der Waals surface area contributed by atoms with Crippen LogP contribution in [-0.4, -0.2) is 93.9 Å². The van der Waals surface area contributed by atoms with Gasteiger partial charge in [0.1, 0.15) is 11.9 Å². The van der Waals surface area contributed by atoms with E-state index in [1.165, 1.54) is 0 Å². The first-order valence-corrected chi connectivity index (χ1v) is 11.1. The third kappa shape index (κ3) is 5.27. The minimum Gasteiger partial charge on any atom is -0.378 e. The minimum absolute atomic E-state index is 0.107. The molecule has 0 spiro atoms. The third-order valence-electron chi connectivity index (χ3n) is 6.12. The van der Waals surface area contributed by atoms with Crippen molar-refractivity contribution in [3.8, 4) is 0 Å². The maximum atomic E-state index is 14.6. The second kappa shape index (κ2) is 10.3. The molecule has 0 radical (unpaired) electrons. The number of halogens is 1. The van der Waals surface area contributed by atoms with Gasteiger partial charge in [-0.25, -0.2) is 4.39 Å². The number of amides is 1. The van der Waals surface area contributed by atoms with Crippen molar-refractivity contribution in [3.05, 3.63) is 29.6 Å². The van der Waals surface area contributed by atoms with E-state index in [0.29, 0.717) is 71.3 Å². The highest BCUT2D eigenvalue weighted by molar-refractivity contribution is 5.82. The van der Waals surface area contributed by atoms with Gasteiger partial charge in [-0.15, -0.1) is 0 Å². The number of rotatable bonds is 4. The molecular formula is C22H32FN5O3. The van der Waals surface area contributed by atoms with Gasteiger partial charge in [-0.3, -0.25) is 9.79 Å². The van der Waals surface area contributed by atoms with Gasteiger partial charge in [0, 0.05) is 59.5 Å². The van der Waals surface area contributed by atoms with Gasteiger partial charge in [-0.1, -0.05) is 6.07 Å². The van der Waals surface area contributed by atoms with Crippen LogP contribution in [0.2, 0.25) is 0 Å². The molecule has 3 heterocycles. The Morgan fingerprint density at radius 3 is 2.52 bits per heavy atom. The zero-order valence-electron chi connectivity index (χ0n) is 18.2. The molecule has 0 bridgehead atoms. The number of guanidine groups is 1. The van der Waals surface area contributed by atoms with Crippen molar-refractivity contribution in [2.24, 2.45) is 4.99 Å². The highest BCUT2D eigenvalue weighted by atomic mass is 19.1. The van der Waals surface area contributed by atoms with Crippen LogP contribution in [0, 0.1) is 5.82 Å². The average Bonchev–Trinajstić information content (AvgIpc) is 3.35. The Balaban J connectivity index is 1.28. The molecule has 1 unspecified atom stereocenters. The molecule has 0 aliphatic carbocycles. The Morgan fingerprint density at radius 2 is 1.87 bits per heavy atom. The number of anilines is 1. The molecule has 3 saturated heterocycles. The van der Waals surface area contributed by atoms with E-state index in [1.807, 2.05) is 21.9 Å². The molecule has 0 aromatic heterocycles. The van der Waals surface area contributed by atoms with Crippen LogP contribution in [0.25, 0.3) is 0 Å². The van der Waals surface area contributed by atoms with E-state index in [2.05, 4.69) is 15.2 Å². The molecule has 3 aliphatic rings. The van der Waals surface area contributed by atoms with E-state index in [4.69, 9.17) is 9.47 Å². The Morgan fingerprint density at radius 1 is 1.13 bits per heavy atom. The largest absolute Gasteiger partial charge is 0.378 e. The van der Waals surface area contributed by atoms with E-state index in [1.54, 1.807) is 13.1 Å². The molecule has 9 heteroatoms. The lowest BCUT2D eigenvalue weighted by molar-refractivity contribution is -0.142. The van der Waals surface area contributed by atoms with Gasteiger partial charge in [0.15, 0.2) is 5.96 Å². The summed E-state index contributed by atoms with van der Waals surface area (Å²) in [5, 5.41) is 3.33. The number of carbonyl (C=O) groups is 1. The summed E-state index contributed by atoms with van der Waals surface area (Å²) in [5.41, 5.74) is 1.49. The van der Waals surface area contributed by atoms with E-state index < -0.39 is 0 Å². The van der Waals surface area contributed by atoms with Crippen molar-refractivity contribution in [3.63, 3.8) is 0 Å². The van der Waals surface area contributed by atoms with Crippen molar-refractivity contribution in [1.82, 2.24) is 15.1 Å². The Labute approximate surface area is 183 Å². The standard InChI is InChI=1S/C22H32FN5O3/c1-24-22(28-8-6-27(7-9-28)21(29)20-3-2-12-31-20)25-16-17-4-5-19(18(23)15-17)26-10-13-30-14-11-26/h4-5,15,20H,2-3,6-14,16H2,1H3,(H,24,25). The van der Waals surface area contributed by atoms with Crippen molar-refractivity contribution in [2.45, 2.75) is 25.5 Å². The van der Waals surface area contributed by atoms with Crippen LogP contribution in [0.1, 0.15) is 18.4 Å². The Kier molecular flexibility index (Phi) is 7.24. The third-order valence-corrected chi connectivity index (χ3v) is 6.12. The molecule has 3 fully saturated rings. The summed E-state index contributed by atoms with van der Waals surface area (Å²) in [6, 6.07) is 5.38. The van der Waals surface area contributed by atoms with Crippen LogP contribution >= 0.6 is 0 Å². The van der Waals surface area contributed by atoms with Gasteiger partial charge in [-0.05, 0) is 30.5 Å². The summed E-state index contributed by atoms with van der Waals surface area (Å²) < 4.78 is 25.5. The molecule has 1 aromatic carbocycles. The van der Waals surface area contributed by atoms with Crippen LogP contribution in [0.5, 0.6) is 0 Å². The van der Waals surface area contributed by atoms with E-state index >= 15 is 0 Å². The quantitative estimate of drug-likeness (QED) is 0.566. The van der Waals surface area contributed by atoms with Crippen LogP contribution in [0.15, 0.2) is 23.2 Å². The molecule has 4 rings (SSSR count). The molecule has 8 nitrogen and oxygen atoms in total. The second-order valence-electron chi connectivity index (χ2n) is 8.10. The van der Waals surface area contributed by atoms with Crippen molar-refractivity contribution in [2.75, 3.05) is 71.0 Å². The molecule has 1 N–H and O–H groups in total. The Bertz CT molecular complexity index is 785. The van der Waals surface area contributed by atoms with E-state index in [0.717, 1.165) is 24.4 Å². The van der Waals surface area contributed by atoms with E-state index in [9.17, 15) is 9.18 Å². The normalized spacial score (nSPS) is 22.7. The fourth-order valence-corrected chi connectivity index (χ4v) is 4.35. The molecule has 31 heavy (non-hydrogen) atoms. The minimum atomic E-state index is -0.265. The average molecular weight is 434 g/mol. The summed E-state index contributed by atoms with van der Waals surface area (Å²) in [6.07, 6.45) is 1.52. The number of benzene rings is 1. The predicted octanol–water partition coefficient (Wildman–Crippen LogP) is 1.06. The van der Waals surface area contributed by atoms with Crippen LogP contribution in [0.3, 0.4) is 0 Å². The topological polar surface area (TPSA) is 69.6 Å². The number of ether oxygens (including phenoxy) is 2. The fraction of sp³-hybridized carbons (Fsp3) is 0.636. The molecule has 170 valence electrons. The Hall–Kier alpha value is -2.39. The lowest BCUT2D eigenvalue weighted by Crippen LogP contribution is -2.55. The van der Waals surface area contributed by atoms with Gasteiger partial charge in [0.2, 0.25) is 0 Å². The van der Waals surface area contributed by atoms with Crippen molar-refractivity contribution in [1.29, 1.82) is 0 Å². The highest BCUT2D eigenvalue weighted by Crippen LogP contribution is 2.22. The highest BCUT2D eigenvalue weighted by Gasteiger charge is 2.30. The van der Waals surface area contributed by atoms with Gasteiger partial charge < -0.3 is 29.5 Å². The number of aliphatic imine (C=N–C) groups is 1. The van der Waals surface area contributed by atoms with Crippen molar-refractivity contribution < 1.29 is 18.7 Å². The molecule has 0 saturated carbocycles. The number of piperazine rings is 1. The summed E-state index contributed by atoms with van der Waals surface area (Å²) in [6.45, 7) is 6.58. The van der Waals surface area contributed by atoms with Gasteiger partial charge in [0.05, 0.1) is 18.9 Å². The molecule has 3 aliphatic heterocycles. The number of nitrogens with zero attached hydrogens (tertiary/aromatic N) is 4. The number of carbonyl (C=O) groups excluding carboxylic acids is 1. The van der Waals surface area contributed by atoms with Crippen LogP contribution in [0.4, 0.5) is 10.1 Å². The lowest BCUT2D eigenvalue weighted by atomic mass is 10.1. The summed E-state index contributed by atoms with van der Waals surface area (Å²) in [5.74, 6) is 0.662. The maximum absolute atomic E-state index is 14.6. The van der Waals surface area contributed by atoms with Gasteiger partial charge in [-0.2, -0.15) is 0 Å². The number of hydrogen-bond acceptors (Lipinski definition) is 5. The number of morpholine rings is 1. The number of nitrogens with one attached hydrogen (secondary N) is 1.